The lowest BCUT2D eigenvalue weighted by molar-refractivity contribution is 0.623. The predicted molar refractivity (Wildman–Crippen MR) is 242 cm³/mol. The van der Waals surface area contributed by atoms with E-state index in [0.717, 1.165) is 44.5 Å². The van der Waals surface area contributed by atoms with Gasteiger partial charge in [-0.2, -0.15) is 0 Å². The molecule has 0 aliphatic heterocycles. The van der Waals surface area contributed by atoms with E-state index in [-0.39, 0.29) is 10.8 Å². The Balaban J connectivity index is 1.13. The molecular formula is C55H40N2O. The summed E-state index contributed by atoms with van der Waals surface area (Å²) in [5, 5.41) is 6.91. The first kappa shape index (κ1) is 33.2. The van der Waals surface area contributed by atoms with E-state index in [1.165, 1.54) is 66.1 Å². The van der Waals surface area contributed by atoms with E-state index in [0.29, 0.717) is 5.89 Å². The lowest BCUT2D eigenvalue weighted by Crippen LogP contribution is -2.16. The maximum atomic E-state index is 6.70. The summed E-state index contributed by atoms with van der Waals surface area (Å²) in [6, 6.07) is 62.3. The molecule has 0 bridgehead atoms. The van der Waals surface area contributed by atoms with Crippen LogP contribution in [0.5, 0.6) is 0 Å². The van der Waals surface area contributed by atoms with E-state index in [1.807, 2.05) is 18.2 Å². The number of rotatable bonds is 4. The van der Waals surface area contributed by atoms with Gasteiger partial charge in [-0.05, 0) is 109 Å². The topological polar surface area (TPSA) is 29.3 Å². The molecule has 3 nitrogen and oxygen atoms in total. The number of nitrogens with zero attached hydrogens (tertiary/aromatic N) is 2. The van der Waals surface area contributed by atoms with Gasteiger partial charge in [0.15, 0.2) is 5.58 Å². The highest BCUT2D eigenvalue weighted by Crippen LogP contribution is 2.54. The summed E-state index contributed by atoms with van der Waals surface area (Å²) in [7, 11) is 0. The Morgan fingerprint density at radius 1 is 0.448 bits per heavy atom. The average Bonchev–Trinajstić information content (AvgIpc) is 3.87. The van der Waals surface area contributed by atoms with Crippen LogP contribution in [-0.2, 0) is 10.8 Å². The van der Waals surface area contributed by atoms with Gasteiger partial charge in [-0.15, -0.1) is 0 Å². The average molecular weight is 745 g/mol. The largest absolute Gasteiger partial charge is 0.435 e. The normalized spacial score (nSPS) is 14.5. The molecule has 1 aromatic heterocycles. The fraction of sp³-hybridized carbons (Fsp3) is 0.109. The van der Waals surface area contributed by atoms with E-state index in [1.54, 1.807) is 0 Å². The van der Waals surface area contributed by atoms with E-state index < -0.39 is 0 Å². The summed E-state index contributed by atoms with van der Waals surface area (Å²) in [6.07, 6.45) is 0. The van der Waals surface area contributed by atoms with Crippen LogP contribution < -0.4 is 4.90 Å². The molecule has 0 amide bonds. The van der Waals surface area contributed by atoms with Crippen LogP contribution in [0.4, 0.5) is 17.1 Å². The minimum absolute atomic E-state index is 0.0794. The zero-order valence-electron chi connectivity index (χ0n) is 33.0. The number of hydrogen-bond acceptors (Lipinski definition) is 3. The molecule has 12 rings (SSSR count). The second-order valence-electron chi connectivity index (χ2n) is 17.1. The van der Waals surface area contributed by atoms with Crippen molar-refractivity contribution >= 4 is 60.5 Å². The lowest BCUT2D eigenvalue weighted by Gasteiger charge is -2.29. The van der Waals surface area contributed by atoms with Crippen molar-refractivity contribution < 1.29 is 4.42 Å². The lowest BCUT2D eigenvalue weighted by atomic mass is 9.82. The standard InChI is InChI=1S/C55H40N2O/c1-54(2)44-18-10-8-15-38(44)42-31-36(25-28-46(42)54)57(37-26-29-47-43(32-37)39-16-9-11-19-45(39)55(47,3)4)49-20-12-17-41-40(49)27-23-33-21-22-34-24-30-48-52(51(34)50(33)41)58-53(56-48)35-13-6-5-7-14-35/h5-32H,1-4H3. The van der Waals surface area contributed by atoms with Crippen molar-refractivity contribution in [2.24, 2.45) is 0 Å². The maximum Gasteiger partial charge on any atom is 0.227 e. The summed E-state index contributed by atoms with van der Waals surface area (Å²) in [4.78, 5) is 7.46. The summed E-state index contributed by atoms with van der Waals surface area (Å²) in [6.45, 7) is 9.40. The fourth-order valence-electron chi connectivity index (χ4n) is 10.4. The molecule has 2 aliphatic carbocycles. The van der Waals surface area contributed by atoms with E-state index in [4.69, 9.17) is 9.40 Å². The molecule has 276 valence electrons. The van der Waals surface area contributed by atoms with Crippen LogP contribution in [0.2, 0.25) is 0 Å². The van der Waals surface area contributed by atoms with Crippen LogP contribution in [-0.4, -0.2) is 4.98 Å². The minimum atomic E-state index is -0.0794. The van der Waals surface area contributed by atoms with Gasteiger partial charge in [0.05, 0.1) is 5.69 Å². The Kier molecular flexibility index (Phi) is 6.74. The second-order valence-corrected chi connectivity index (χ2v) is 17.1. The molecule has 3 heteroatoms. The first-order chi connectivity index (χ1) is 28.3. The predicted octanol–water partition coefficient (Wildman–Crippen LogP) is 15.0. The smallest absolute Gasteiger partial charge is 0.227 e. The third-order valence-electron chi connectivity index (χ3n) is 13.3. The van der Waals surface area contributed by atoms with Gasteiger partial charge in [-0.25, -0.2) is 4.98 Å². The Morgan fingerprint density at radius 3 is 1.66 bits per heavy atom. The Labute approximate surface area is 337 Å². The highest BCUT2D eigenvalue weighted by atomic mass is 16.3. The number of aromatic nitrogens is 1. The molecule has 9 aromatic carbocycles. The Bertz CT molecular complexity index is 3240. The van der Waals surface area contributed by atoms with Crippen molar-refractivity contribution in [1.82, 2.24) is 4.98 Å². The zero-order valence-corrected chi connectivity index (χ0v) is 33.0. The molecule has 0 unspecified atom stereocenters. The highest BCUT2D eigenvalue weighted by Gasteiger charge is 2.37. The van der Waals surface area contributed by atoms with Crippen molar-refractivity contribution in [2.45, 2.75) is 38.5 Å². The van der Waals surface area contributed by atoms with Crippen LogP contribution in [0, 0.1) is 0 Å². The van der Waals surface area contributed by atoms with E-state index in [9.17, 15) is 0 Å². The van der Waals surface area contributed by atoms with Gasteiger partial charge in [0, 0.05) is 43.9 Å². The summed E-state index contributed by atoms with van der Waals surface area (Å²) in [5.41, 5.74) is 16.6. The molecule has 0 atom stereocenters. The molecule has 10 aromatic rings. The molecule has 1 heterocycles. The van der Waals surface area contributed by atoms with Crippen molar-refractivity contribution in [1.29, 1.82) is 0 Å². The highest BCUT2D eigenvalue weighted by molar-refractivity contribution is 6.27. The molecule has 0 N–H and O–H groups in total. The molecule has 0 fully saturated rings. The Morgan fingerprint density at radius 2 is 1.00 bits per heavy atom. The van der Waals surface area contributed by atoms with Gasteiger partial charge >= 0.3 is 0 Å². The third kappa shape index (κ3) is 4.53. The maximum absolute atomic E-state index is 6.70. The number of fused-ring (bicyclic) bond motifs is 13. The number of oxazole rings is 1. The van der Waals surface area contributed by atoms with Gasteiger partial charge in [0.2, 0.25) is 5.89 Å². The summed E-state index contributed by atoms with van der Waals surface area (Å²) < 4.78 is 6.70. The van der Waals surface area contributed by atoms with Gasteiger partial charge in [0.25, 0.3) is 0 Å². The molecular weight excluding hydrogens is 705 g/mol. The van der Waals surface area contributed by atoms with Crippen molar-refractivity contribution in [2.75, 3.05) is 4.90 Å². The van der Waals surface area contributed by atoms with Crippen molar-refractivity contribution in [3.63, 3.8) is 0 Å². The summed E-state index contributed by atoms with van der Waals surface area (Å²) in [5.74, 6) is 0.634. The molecule has 0 saturated heterocycles. The summed E-state index contributed by atoms with van der Waals surface area (Å²) >= 11 is 0. The second kappa shape index (κ2) is 11.8. The van der Waals surface area contributed by atoms with Crippen LogP contribution in [0.25, 0.3) is 77.1 Å². The van der Waals surface area contributed by atoms with Gasteiger partial charge < -0.3 is 9.32 Å². The van der Waals surface area contributed by atoms with E-state index >= 15 is 0 Å². The number of benzene rings is 9. The van der Waals surface area contributed by atoms with Gasteiger partial charge in [0.1, 0.15) is 5.52 Å². The number of anilines is 3. The molecule has 0 radical (unpaired) electrons. The molecule has 0 spiro atoms. The minimum Gasteiger partial charge on any atom is -0.435 e. The van der Waals surface area contributed by atoms with Crippen LogP contribution >= 0.6 is 0 Å². The fourth-order valence-corrected chi connectivity index (χ4v) is 10.4. The third-order valence-corrected chi connectivity index (χ3v) is 13.3. The quantitative estimate of drug-likeness (QED) is 0.168. The molecule has 58 heavy (non-hydrogen) atoms. The van der Waals surface area contributed by atoms with E-state index in [2.05, 4.69) is 184 Å². The van der Waals surface area contributed by atoms with Crippen LogP contribution in [0.1, 0.15) is 49.9 Å². The van der Waals surface area contributed by atoms with Gasteiger partial charge in [-0.3, -0.25) is 0 Å². The van der Waals surface area contributed by atoms with Crippen LogP contribution in [0.15, 0.2) is 174 Å². The Hall–Kier alpha value is -6.97. The zero-order chi connectivity index (χ0) is 38.9. The first-order valence-electron chi connectivity index (χ1n) is 20.3. The van der Waals surface area contributed by atoms with Crippen LogP contribution in [0.3, 0.4) is 0 Å². The molecule has 0 saturated carbocycles. The van der Waals surface area contributed by atoms with Crippen molar-refractivity contribution in [3.05, 3.63) is 192 Å². The van der Waals surface area contributed by atoms with Gasteiger partial charge in [-0.1, -0.05) is 149 Å². The monoisotopic (exact) mass is 744 g/mol. The number of hydrogen-bond donors (Lipinski definition) is 0. The molecule has 2 aliphatic rings. The van der Waals surface area contributed by atoms with Crippen molar-refractivity contribution in [3.8, 4) is 33.7 Å². The SMILES string of the molecule is CC1(C)c2ccccc2-c2cc(N(c3ccc4c(c3)-c3ccccc3C4(C)C)c3cccc4c3ccc3ccc5ccc6nc(-c7ccccc7)oc6c5c34)ccc21. The first-order valence-corrected chi connectivity index (χ1v) is 20.3.